The highest BCUT2D eigenvalue weighted by atomic mass is 32.2. The molecule has 1 unspecified atom stereocenters. The number of nitrogens with zero attached hydrogens (tertiary/aromatic N) is 3. The SMILES string of the molecule is C=C1CSC(C2=CN(c3ccncn3)CC2)C(=O)N1. The van der Waals surface area contributed by atoms with Crippen molar-refractivity contribution in [3.05, 3.63) is 42.6 Å². The molecule has 2 aliphatic rings. The van der Waals surface area contributed by atoms with E-state index in [0.717, 1.165) is 35.8 Å². The molecular formula is C13H14N4OS. The van der Waals surface area contributed by atoms with E-state index >= 15 is 0 Å². The van der Waals surface area contributed by atoms with Crippen LogP contribution < -0.4 is 10.2 Å². The van der Waals surface area contributed by atoms with Gasteiger partial charge in [0, 0.05) is 30.4 Å². The molecule has 0 aromatic carbocycles. The van der Waals surface area contributed by atoms with Gasteiger partial charge >= 0.3 is 0 Å². The van der Waals surface area contributed by atoms with Crippen molar-refractivity contribution in [1.29, 1.82) is 0 Å². The van der Waals surface area contributed by atoms with E-state index in [1.54, 1.807) is 18.0 Å². The predicted molar refractivity (Wildman–Crippen MR) is 75.6 cm³/mol. The molecule has 19 heavy (non-hydrogen) atoms. The number of nitrogens with one attached hydrogen (secondary N) is 1. The molecule has 1 fully saturated rings. The molecule has 0 saturated carbocycles. The summed E-state index contributed by atoms with van der Waals surface area (Å²) in [6, 6.07) is 1.87. The molecule has 5 nitrogen and oxygen atoms in total. The van der Waals surface area contributed by atoms with Crippen molar-refractivity contribution >= 4 is 23.5 Å². The van der Waals surface area contributed by atoms with E-state index in [4.69, 9.17) is 0 Å². The van der Waals surface area contributed by atoms with Gasteiger partial charge in [0.15, 0.2) is 0 Å². The second-order valence-corrected chi connectivity index (χ2v) is 5.59. The van der Waals surface area contributed by atoms with Gasteiger partial charge in [-0.2, -0.15) is 0 Å². The van der Waals surface area contributed by atoms with E-state index in [-0.39, 0.29) is 11.2 Å². The van der Waals surface area contributed by atoms with Gasteiger partial charge in [-0.25, -0.2) is 9.97 Å². The number of hydrogen-bond acceptors (Lipinski definition) is 5. The standard InChI is InChI=1S/C13H14N4OS/c1-9-7-19-12(13(18)16-9)10-3-5-17(6-10)11-2-4-14-8-15-11/h2,4,6,8,12H,1,3,5,7H2,(H,16,18). The quantitative estimate of drug-likeness (QED) is 0.881. The summed E-state index contributed by atoms with van der Waals surface area (Å²) in [4.78, 5) is 22.2. The molecule has 0 aliphatic carbocycles. The van der Waals surface area contributed by atoms with Gasteiger partial charge in [0.05, 0.1) is 0 Å². The van der Waals surface area contributed by atoms with Gasteiger partial charge in [-0.3, -0.25) is 4.79 Å². The summed E-state index contributed by atoms with van der Waals surface area (Å²) in [6.07, 6.45) is 6.18. The lowest BCUT2D eigenvalue weighted by Gasteiger charge is -2.23. The van der Waals surface area contributed by atoms with Crippen LogP contribution in [-0.4, -0.2) is 33.4 Å². The average Bonchev–Trinajstić information content (AvgIpc) is 2.89. The zero-order valence-corrected chi connectivity index (χ0v) is 11.2. The first-order valence-corrected chi connectivity index (χ1v) is 7.12. The molecule has 1 atom stereocenters. The molecule has 0 radical (unpaired) electrons. The Bertz CT molecular complexity index is 543. The van der Waals surface area contributed by atoms with Crippen LogP contribution in [0.3, 0.4) is 0 Å². The molecular weight excluding hydrogens is 260 g/mol. The summed E-state index contributed by atoms with van der Waals surface area (Å²) in [5.41, 5.74) is 1.94. The Hall–Kier alpha value is -1.82. The monoisotopic (exact) mass is 274 g/mol. The number of aromatic nitrogens is 2. The lowest BCUT2D eigenvalue weighted by molar-refractivity contribution is -0.119. The van der Waals surface area contributed by atoms with E-state index < -0.39 is 0 Å². The largest absolute Gasteiger partial charge is 0.333 e. The maximum Gasteiger partial charge on any atom is 0.241 e. The van der Waals surface area contributed by atoms with Gasteiger partial charge in [0.1, 0.15) is 17.4 Å². The third kappa shape index (κ3) is 2.49. The van der Waals surface area contributed by atoms with Crippen molar-refractivity contribution in [2.75, 3.05) is 17.2 Å². The first-order valence-electron chi connectivity index (χ1n) is 6.07. The first kappa shape index (κ1) is 12.2. The zero-order chi connectivity index (χ0) is 13.2. The Morgan fingerprint density at radius 3 is 3.16 bits per heavy atom. The highest BCUT2D eigenvalue weighted by molar-refractivity contribution is 8.01. The molecule has 2 aliphatic heterocycles. The van der Waals surface area contributed by atoms with E-state index in [2.05, 4.69) is 26.8 Å². The summed E-state index contributed by atoms with van der Waals surface area (Å²) < 4.78 is 0. The van der Waals surface area contributed by atoms with Crippen LogP contribution in [-0.2, 0) is 4.79 Å². The lowest BCUT2D eigenvalue weighted by atomic mass is 10.1. The number of thioether (sulfide) groups is 1. The maximum atomic E-state index is 12.0. The fraction of sp³-hybridized carbons (Fsp3) is 0.308. The molecule has 6 heteroatoms. The molecule has 3 heterocycles. The maximum absolute atomic E-state index is 12.0. The highest BCUT2D eigenvalue weighted by Gasteiger charge is 2.31. The number of amides is 1. The van der Waals surface area contributed by atoms with Crippen LogP contribution in [0.2, 0.25) is 0 Å². The van der Waals surface area contributed by atoms with E-state index in [9.17, 15) is 4.79 Å². The molecule has 0 bridgehead atoms. The van der Waals surface area contributed by atoms with E-state index in [0.29, 0.717) is 0 Å². The minimum Gasteiger partial charge on any atom is -0.333 e. The Morgan fingerprint density at radius 1 is 1.53 bits per heavy atom. The van der Waals surface area contributed by atoms with Crippen LogP contribution in [0.1, 0.15) is 6.42 Å². The van der Waals surface area contributed by atoms with Crippen molar-refractivity contribution in [3.63, 3.8) is 0 Å². The summed E-state index contributed by atoms with van der Waals surface area (Å²) >= 11 is 1.63. The fourth-order valence-corrected chi connectivity index (χ4v) is 3.27. The molecule has 1 aromatic heterocycles. The Morgan fingerprint density at radius 2 is 2.42 bits per heavy atom. The van der Waals surface area contributed by atoms with E-state index in [1.807, 2.05) is 12.3 Å². The summed E-state index contributed by atoms with van der Waals surface area (Å²) in [6.45, 7) is 4.65. The smallest absolute Gasteiger partial charge is 0.241 e. The second-order valence-electron chi connectivity index (χ2n) is 4.50. The average molecular weight is 274 g/mol. The minimum absolute atomic E-state index is 0.0389. The van der Waals surface area contributed by atoms with Gasteiger partial charge in [0.2, 0.25) is 5.91 Å². The zero-order valence-electron chi connectivity index (χ0n) is 10.4. The first-order chi connectivity index (χ1) is 9.24. The van der Waals surface area contributed by atoms with Gasteiger partial charge in [-0.1, -0.05) is 6.58 Å². The van der Waals surface area contributed by atoms with Crippen LogP contribution in [0.15, 0.2) is 42.6 Å². The Kier molecular flexibility index (Phi) is 3.25. The summed E-state index contributed by atoms with van der Waals surface area (Å²) in [5, 5.41) is 2.72. The van der Waals surface area contributed by atoms with Crippen molar-refractivity contribution in [1.82, 2.24) is 15.3 Å². The molecule has 3 rings (SSSR count). The normalized spacial score (nSPS) is 23.3. The van der Waals surface area contributed by atoms with E-state index in [1.165, 1.54) is 6.33 Å². The Balaban J connectivity index is 1.76. The number of carbonyl (C=O) groups excluding carboxylic acids is 1. The van der Waals surface area contributed by atoms with Gasteiger partial charge < -0.3 is 10.2 Å². The second kappa shape index (κ2) is 5.05. The van der Waals surface area contributed by atoms with Crippen LogP contribution in [0.25, 0.3) is 0 Å². The number of rotatable bonds is 2. The number of hydrogen-bond donors (Lipinski definition) is 1. The highest BCUT2D eigenvalue weighted by Crippen LogP contribution is 2.31. The molecule has 1 amide bonds. The predicted octanol–water partition coefficient (Wildman–Crippen LogP) is 1.32. The molecule has 1 aromatic rings. The van der Waals surface area contributed by atoms with Crippen molar-refractivity contribution < 1.29 is 4.79 Å². The third-order valence-corrected chi connectivity index (χ3v) is 4.49. The van der Waals surface area contributed by atoms with Crippen molar-refractivity contribution in [2.24, 2.45) is 0 Å². The van der Waals surface area contributed by atoms with Crippen molar-refractivity contribution in [3.8, 4) is 0 Å². The van der Waals surface area contributed by atoms with Crippen LogP contribution in [0.4, 0.5) is 5.82 Å². The van der Waals surface area contributed by atoms with Crippen molar-refractivity contribution in [2.45, 2.75) is 11.7 Å². The van der Waals surface area contributed by atoms with Gasteiger partial charge in [-0.05, 0) is 18.1 Å². The molecule has 1 N–H and O–H groups in total. The molecule has 0 spiro atoms. The van der Waals surface area contributed by atoms with Crippen LogP contribution in [0, 0.1) is 0 Å². The van der Waals surface area contributed by atoms with Gasteiger partial charge in [-0.15, -0.1) is 11.8 Å². The Labute approximate surface area is 115 Å². The molecule has 98 valence electrons. The number of carbonyl (C=O) groups is 1. The fourth-order valence-electron chi connectivity index (χ4n) is 2.22. The lowest BCUT2D eigenvalue weighted by Crippen LogP contribution is -2.38. The van der Waals surface area contributed by atoms with Gasteiger partial charge in [0.25, 0.3) is 0 Å². The van der Waals surface area contributed by atoms with Crippen LogP contribution >= 0.6 is 11.8 Å². The summed E-state index contributed by atoms with van der Waals surface area (Å²) in [7, 11) is 0. The number of anilines is 1. The summed E-state index contributed by atoms with van der Waals surface area (Å²) in [5.74, 6) is 1.69. The third-order valence-electron chi connectivity index (χ3n) is 3.12. The molecule has 1 saturated heterocycles. The van der Waals surface area contributed by atoms with Crippen LogP contribution in [0.5, 0.6) is 0 Å². The minimum atomic E-state index is -0.0997. The topological polar surface area (TPSA) is 58.1 Å².